The minimum absolute atomic E-state index is 0.0747. The monoisotopic (exact) mass is 426 g/mol. The van der Waals surface area contributed by atoms with Gasteiger partial charge in [-0.05, 0) is 60.2 Å². The normalized spacial score (nSPS) is 11.0. The van der Waals surface area contributed by atoms with E-state index < -0.39 is 0 Å². The molecule has 0 atom stereocenters. The third kappa shape index (κ3) is 4.73. The second-order valence-electron chi connectivity index (χ2n) is 6.96. The summed E-state index contributed by atoms with van der Waals surface area (Å²) >= 11 is 1.57. The van der Waals surface area contributed by atoms with Gasteiger partial charge in [0.2, 0.25) is 5.91 Å². The van der Waals surface area contributed by atoms with Crippen LogP contribution < -0.4 is 10.2 Å². The van der Waals surface area contributed by atoms with Gasteiger partial charge in [-0.2, -0.15) is 0 Å². The highest BCUT2D eigenvalue weighted by Crippen LogP contribution is 2.28. The first-order valence-electron chi connectivity index (χ1n) is 10.1. The second kappa shape index (κ2) is 9.41. The molecular weight excluding hydrogens is 404 g/mol. The van der Waals surface area contributed by atoms with Gasteiger partial charge >= 0.3 is 0 Å². The Labute approximate surface area is 185 Å². The highest BCUT2D eigenvalue weighted by Gasteiger charge is 2.18. The predicted molar refractivity (Wildman–Crippen MR) is 130 cm³/mol. The molecule has 0 spiro atoms. The largest absolute Gasteiger partial charge is 0.323 e. The lowest BCUT2D eigenvalue weighted by atomic mass is 10.1. The van der Waals surface area contributed by atoms with Crippen molar-refractivity contribution in [2.75, 3.05) is 16.8 Å². The van der Waals surface area contributed by atoms with E-state index >= 15 is 0 Å². The van der Waals surface area contributed by atoms with Crippen molar-refractivity contribution in [3.63, 3.8) is 0 Å². The van der Waals surface area contributed by atoms with Crippen LogP contribution in [0.3, 0.4) is 0 Å². The van der Waals surface area contributed by atoms with Gasteiger partial charge in [0.1, 0.15) is 0 Å². The number of nitrogens with one attached hydrogen (secondary N) is 1. The Morgan fingerprint density at radius 1 is 0.935 bits per heavy atom. The Kier molecular flexibility index (Phi) is 6.24. The molecule has 1 heterocycles. The molecular formula is C26H22N2O2S. The van der Waals surface area contributed by atoms with Crippen molar-refractivity contribution >= 4 is 51.4 Å². The van der Waals surface area contributed by atoms with Crippen molar-refractivity contribution in [1.82, 2.24) is 0 Å². The Bertz CT molecular complexity index is 1220. The van der Waals surface area contributed by atoms with Gasteiger partial charge in [0.15, 0.2) is 0 Å². The molecule has 0 bridgehead atoms. The quantitative estimate of drug-likeness (QED) is 0.372. The number of carbonyl (C=O) groups excluding carboxylic acids is 2. The molecule has 1 aromatic heterocycles. The van der Waals surface area contributed by atoms with Crippen molar-refractivity contribution in [2.45, 2.75) is 6.92 Å². The Morgan fingerprint density at radius 3 is 2.45 bits per heavy atom. The van der Waals surface area contributed by atoms with Crippen LogP contribution in [0, 0.1) is 0 Å². The van der Waals surface area contributed by atoms with Crippen molar-refractivity contribution in [3.05, 3.63) is 101 Å². The van der Waals surface area contributed by atoms with E-state index in [4.69, 9.17) is 0 Å². The number of nitrogens with zero attached hydrogens (tertiary/aromatic N) is 1. The first kappa shape index (κ1) is 20.6. The van der Waals surface area contributed by atoms with E-state index in [1.165, 1.54) is 6.08 Å². The molecule has 0 saturated carbocycles. The molecule has 4 aromatic rings. The Morgan fingerprint density at radius 2 is 1.71 bits per heavy atom. The molecule has 0 saturated heterocycles. The summed E-state index contributed by atoms with van der Waals surface area (Å²) < 4.78 is 0. The number of benzene rings is 3. The molecule has 0 fully saturated rings. The summed E-state index contributed by atoms with van der Waals surface area (Å²) in [4.78, 5) is 28.1. The average molecular weight is 427 g/mol. The van der Waals surface area contributed by atoms with Gasteiger partial charge in [-0.1, -0.05) is 42.5 Å². The van der Waals surface area contributed by atoms with E-state index in [0.717, 1.165) is 21.3 Å². The zero-order valence-corrected chi connectivity index (χ0v) is 17.9. The number of hydrogen-bond acceptors (Lipinski definition) is 3. The summed E-state index contributed by atoms with van der Waals surface area (Å²) in [5, 5.41) is 6.93. The number of fused-ring (bicyclic) bond motifs is 1. The SMILES string of the molecule is CCN(C(=O)c1ccc(NC(=O)/C=C/c2cccs2)cc1)c1cccc2ccccc12. The number of amides is 2. The zero-order chi connectivity index (χ0) is 21.6. The lowest BCUT2D eigenvalue weighted by molar-refractivity contribution is -0.111. The first-order chi connectivity index (χ1) is 15.2. The summed E-state index contributed by atoms with van der Waals surface area (Å²) in [6, 6.07) is 24.9. The van der Waals surface area contributed by atoms with Gasteiger partial charge in [0.25, 0.3) is 5.91 Å². The van der Waals surface area contributed by atoms with Gasteiger partial charge in [0.05, 0.1) is 5.69 Å². The molecule has 0 radical (unpaired) electrons. The van der Waals surface area contributed by atoms with Crippen LogP contribution in [0.1, 0.15) is 22.2 Å². The van der Waals surface area contributed by atoms with Gasteiger partial charge in [0, 0.05) is 34.1 Å². The molecule has 1 N–H and O–H groups in total. The average Bonchev–Trinajstić information content (AvgIpc) is 3.32. The van der Waals surface area contributed by atoms with E-state index in [1.54, 1.807) is 46.6 Å². The van der Waals surface area contributed by atoms with E-state index in [-0.39, 0.29) is 11.8 Å². The van der Waals surface area contributed by atoms with Crippen LogP contribution >= 0.6 is 11.3 Å². The summed E-state index contributed by atoms with van der Waals surface area (Å²) in [5.41, 5.74) is 2.11. The standard InChI is InChI=1S/C26H22N2O2S/c1-2-28(24-11-5-8-19-7-3-4-10-23(19)24)26(30)20-12-14-21(15-13-20)27-25(29)17-16-22-9-6-18-31-22/h3-18H,2H2,1H3,(H,27,29)/b17-16+. The highest BCUT2D eigenvalue weighted by atomic mass is 32.1. The number of hydrogen-bond donors (Lipinski definition) is 1. The van der Waals surface area contributed by atoms with Gasteiger partial charge in [-0.3, -0.25) is 9.59 Å². The molecule has 4 rings (SSSR count). The van der Waals surface area contributed by atoms with Gasteiger partial charge in [-0.15, -0.1) is 11.3 Å². The van der Waals surface area contributed by atoms with E-state index in [0.29, 0.717) is 17.8 Å². The molecule has 0 aliphatic carbocycles. The molecule has 3 aromatic carbocycles. The molecule has 31 heavy (non-hydrogen) atoms. The predicted octanol–water partition coefficient (Wildman–Crippen LogP) is 6.22. The molecule has 154 valence electrons. The number of anilines is 2. The third-order valence-corrected chi connectivity index (χ3v) is 5.80. The zero-order valence-electron chi connectivity index (χ0n) is 17.1. The minimum atomic E-state index is -0.210. The molecule has 0 aliphatic heterocycles. The first-order valence-corrected chi connectivity index (χ1v) is 11.0. The lowest BCUT2D eigenvalue weighted by Gasteiger charge is -2.23. The van der Waals surface area contributed by atoms with Crippen LogP contribution in [0.5, 0.6) is 0 Å². The maximum atomic E-state index is 13.2. The summed E-state index contributed by atoms with van der Waals surface area (Å²) in [5.74, 6) is -0.285. The topological polar surface area (TPSA) is 49.4 Å². The molecule has 4 nitrogen and oxygen atoms in total. The maximum absolute atomic E-state index is 13.2. The van der Waals surface area contributed by atoms with E-state index in [9.17, 15) is 9.59 Å². The molecule has 0 aliphatic rings. The molecule has 5 heteroatoms. The van der Waals surface area contributed by atoms with Crippen LogP contribution in [0.15, 0.2) is 90.3 Å². The Balaban J connectivity index is 1.50. The fourth-order valence-electron chi connectivity index (χ4n) is 3.45. The summed E-state index contributed by atoms with van der Waals surface area (Å²) in [7, 11) is 0. The smallest absolute Gasteiger partial charge is 0.258 e. The van der Waals surface area contributed by atoms with Crippen LogP contribution in [0.4, 0.5) is 11.4 Å². The van der Waals surface area contributed by atoms with Gasteiger partial charge in [-0.25, -0.2) is 0 Å². The lowest BCUT2D eigenvalue weighted by Crippen LogP contribution is -2.30. The third-order valence-electron chi connectivity index (χ3n) is 4.96. The fraction of sp³-hybridized carbons (Fsp3) is 0.0769. The number of carbonyl (C=O) groups is 2. The van der Waals surface area contributed by atoms with Gasteiger partial charge < -0.3 is 10.2 Å². The fourth-order valence-corrected chi connectivity index (χ4v) is 4.06. The van der Waals surface area contributed by atoms with E-state index in [1.807, 2.05) is 66.9 Å². The second-order valence-corrected chi connectivity index (χ2v) is 7.94. The van der Waals surface area contributed by atoms with Crippen LogP contribution in [0.2, 0.25) is 0 Å². The van der Waals surface area contributed by atoms with Crippen LogP contribution in [0.25, 0.3) is 16.8 Å². The summed E-state index contributed by atoms with van der Waals surface area (Å²) in [6.45, 7) is 2.52. The van der Waals surface area contributed by atoms with Crippen molar-refractivity contribution in [2.24, 2.45) is 0 Å². The molecule has 2 amide bonds. The summed E-state index contributed by atoms with van der Waals surface area (Å²) in [6.07, 6.45) is 3.28. The minimum Gasteiger partial charge on any atom is -0.323 e. The van der Waals surface area contributed by atoms with Crippen molar-refractivity contribution in [3.8, 4) is 0 Å². The highest BCUT2D eigenvalue weighted by molar-refractivity contribution is 7.10. The maximum Gasteiger partial charge on any atom is 0.258 e. The van der Waals surface area contributed by atoms with Crippen LogP contribution in [-0.4, -0.2) is 18.4 Å². The van der Waals surface area contributed by atoms with E-state index in [2.05, 4.69) is 5.32 Å². The van der Waals surface area contributed by atoms with Crippen molar-refractivity contribution in [1.29, 1.82) is 0 Å². The Hall–Kier alpha value is -3.70. The molecule has 0 unspecified atom stereocenters. The number of thiophene rings is 1. The number of rotatable bonds is 6. The van der Waals surface area contributed by atoms with Crippen molar-refractivity contribution < 1.29 is 9.59 Å². The van der Waals surface area contributed by atoms with Crippen LogP contribution in [-0.2, 0) is 4.79 Å².